The van der Waals surface area contributed by atoms with Crippen LogP contribution in [0.1, 0.15) is 11.1 Å². The van der Waals surface area contributed by atoms with Crippen molar-refractivity contribution in [3.05, 3.63) is 33.4 Å². The van der Waals surface area contributed by atoms with Gasteiger partial charge in [0.15, 0.2) is 0 Å². The second kappa shape index (κ2) is 4.51. The molecule has 0 aromatic heterocycles. The van der Waals surface area contributed by atoms with E-state index in [1.165, 1.54) is 0 Å². The lowest BCUT2D eigenvalue weighted by Gasteiger charge is -2.13. The van der Waals surface area contributed by atoms with E-state index in [1.54, 1.807) is 5.32 Å². The van der Waals surface area contributed by atoms with Crippen molar-refractivity contribution in [2.45, 2.75) is 13.1 Å². The Balaban J connectivity index is 3.44. The van der Waals surface area contributed by atoms with Crippen molar-refractivity contribution in [3.63, 3.8) is 0 Å². The van der Waals surface area contributed by atoms with Crippen LogP contribution >= 0.6 is 0 Å². The van der Waals surface area contributed by atoms with Crippen LogP contribution in [0.2, 0.25) is 0 Å². The third kappa shape index (κ3) is 2.87. The highest BCUT2D eigenvalue weighted by atomic mass is 19.4. The van der Waals surface area contributed by atoms with E-state index in [1.807, 2.05) is 0 Å². The quantitative estimate of drug-likeness (QED) is 0.648. The number of carbonyl (C=O) groups excluding carboxylic acids is 1. The third-order valence-corrected chi connectivity index (χ3v) is 2.08. The summed E-state index contributed by atoms with van der Waals surface area (Å²) in [5, 5.41) is 22.4. The number of hydrogen-bond donors (Lipinski definition) is 1. The lowest BCUT2D eigenvalue weighted by molar-refractivity contribution is -0.384. The number of nitrogens with zero attached hydrogens (tertiary/aromatic N) is 1. The van der Waals surface area contributed by atoms with Crippen LogP contribution in [0.3, 0.4) is 0 Å². The molecule has 0 spiro atoms. The summed E-state index contributed by atoms with van der Waals surface area (Å²) in [5.74, 6) is 0. The number of aryl methyl sites for hydroxylation is 1. The van der Waals surface area contributed by atoms with Gasteiger partial charge in [0.2, 0.25) is 0 Å². The molecule has 0 saturated heterocycles. The summed E-state index contributed by atoms with van der Waals surface area (Å²) in [4.78, 5) is 19.7. The summed E-state index contributed by atoms with van der Waals surface area (Å²) < 4.78 is 37.5. The lowest BCUT2D eigenvalue weighted by atomic mass is 10.1. The van der Waals surface area contributed by atoms with Crippen molar-refractivity contribution in [2.24, 2.45) is 0 Å². The second-order valence-electron chi connectivity index (χ2n) is 3.35. The number of halogens is 3. The van der Waals surface area contributed by atoms with Crippen LogP contribution in [0.25, 0.3) is 0 Å². The maximum atomic E-state index is 12.5. The summed E-state index contributed by atoms with van der Waals surface area (Å²) in [6, 6.07) is 1.01. The highest BCUT2D eigenvalue weighted by molar-refractivity contribution is 5.85. The molecule has 0 unspecified atom stereocenters. The van der Waals surface area contributed by atoms with Gasteiger partial charge in [0.25, 0.3) is 5.69 Å². The average Bonchev–Trinajstić information content (AvgIpc) is 2.13. The fraction of sp³-hybridized carbons (Fsp3) is 0.222. The molecule has 0 fully saturated rings. The van der Waals surface area contributed by atoms with Crippen LogP contribution in [0.5, 0.6) is 0 Å². The molecule has 1 rings (SSSR count). The highest BCUT2D eigenvalue weighted by Crippen LogP contribution is 2.37. The predicted molar refractivity (Wildman–Crippen MR) is 51.9 cm³/mol. The van der Waals surface area contributed by atoms with E-state index in [4.69, 9.17) is 0 Å². The van der Waals surface area contributed by atoms with Crippen LogP contribution < -0.4 is 10.4 Å². The molecule has 18 heavy (non-hydrogen) atoms. The summed E-state index contributed by atoms with van der Waals surface area (Å²) in [7, 11) is 0. The van der Waals surface area contributed by atoms with Gasteiger partial charge >= 0.3 is 6.18 Å². The first-order chi connectivity index (χ1) is 8.12. The van der Waals surface area contributed by atoms with Crippen LogP contribution in [0.15, 0.2) is 12.1 Å². The van der Waals surface area contributed by atoms with E-state index in [0.29, 0.717) is 0 Å². The number of alkyl halides is 3. The van der Waals surface area contributed by atoms with Gasteiger partial charge in [-0.2, -0.15) is 13.2 Å². The fourth-order valence-electron chi connectivity index (χ4n) is 1.36. The molecule has 6 nitrogen and oxygen atoms in total. The van der Waals surface area contributed by atoms with Crippen LogP contribution in [-0.2, 0) is 6.18 Å². The van der Waals surface area contributed by atoms with Crippen molar-refractivity contribution in [1.82, 2.24) is 0 Å². The van der Waals surface area contributed by atoms with Gasteiger partial charge in [0.05, 0.1) is 10.5 Å². The number of anilines is 1. The molecule has 0 atom stereocenters. The number of carboxylic acid groups (broad SMARTS) is 1. The third-order valence-electron chi connectivity index (χ3n) is 2.08. The van der Waals surface area contributed by atoms with Gasteiger partial charge in [0, 0.05) is 6.07 Å². The highest BCUT2D eigenvalue weighted by Gasteiger charge is 2.35. The summed E-state index contributed by atoms with van der Waals surface area (Å²) >= 11 is 0. The molecule has 0 radical (unpaired) electrons. The van der Waals surface area contributed by atoms with Crippen molar-refractivity contribution in [3.8, 4) is 0 Å². The fourth-order valence-corrected chi connectivity index (χ4v) is 1.36. The molecule has 0 bridgehead atoms. The second-order valence-corrected chi connectivity index (χ2v) is 3.35. The molecule has 0 aliphatic heterocycles. The molecule has 1 N–H and O–H groups in total. The molecule has 0 heterocycles. The van der Waals surface area contributed by atoms with Crippen molar-refractivity contribution in [1.29, 1.82) is 0 Å². The Morgan fingerprint density at radius 1 is 1.39 bits per heavy atom. The molecular weight excluding hydrogens is 257 g/mol. The van der Waals surface area contributed by atoms with E-state index in [-0.39, 0.29) is 11.6 Å². The predicted octanol–water partition coefficient (Wildman–Crippen LogP) is 1.68. The minimum Gasteiger partial charge on any atom is -0.530 e. The molecule has 0 saturated carbocycles. The average molecular weight is 263 g/mol. The van der Waals surface area contributed by atoms with Gasteiger partial charge in [-0.3, -0.25) is 10.1 Å². The SMILES string of the molecule is Cc1cc(NC(=O)[O-])c([N+](=O)[O-])cc1C(F)(F)F. The maximum Gasteiger partial charge on any atom is 0.416 e. The Morgan fingerprint density at radius 2 is 1.94 bits per heavy atom. The Labute approximate surface area is 98.2 Å². The number of nitro groups is 1. The zero-order valence-corrected chi connectivity index (χ0v) is 8.87. The van der Waals surface area contributed by atoms with Crippen molar-refractivity contribution in [2.75, 3.05) is 5.32 Å². The molecule has 98 valence electrons. The van der Waals surface area contributed by atoms with E-state index < -0.39 is 34.1 Å². The molecule has 9 heteroatoms. The molecular formula is C9H6F3N2O4-. The molecule has 1 aromatic rings. The van der Waals surface area contributed by atoms with Crippen LogP contribution in [0, 0.1) is 17.0 Å². The first-order valence-electron chi connectivity index (χ1n) is 4.47. The summed E-state index contributed by atoms with van der Waals surface area (Å²) in [5.41, 5.74) is -3.09. The number of nitro benzene ring substituents is 1. The van der Waals surface area contributed by atoms with Gasteiger partial charge in [-0.25, -0.2) is 0 Å². The van der Waals surface area contributed by atoms with Gasteiger partial charge in [0.1, 0.15) is 11.8 Å². The lowest BCUT2D eigenvalue weighted by Crippen LogP contribution is -2.29. The first-order valence-corrected chi connectivity index (χ1v) is 4.47. The normalized spacial score (nSPS) is 11.1. The molecule has 0 aliphatic rings. The minimum atomic E-state index is -4.76. The molecule has 1 amide bonds. The Morgan fingerprint density at radius 3 is 2.33 bits per heavy atom. The zero-order chi connectivity index (χ0) is 14.1. The van der Waals surface area contributed by atoms with Gasteiger partial charge in [-0.15, -0.1) is 0 Å². The Kier molecular flexibility index (Phi) is 3.44. The smallest absolute Gasteiger partial charge is 0.416 e. The van der Waals surface area contributed by atoms with E-state index >= 15 is 0 Å². The van der Waals surface area contributed by atoms with Gasteiger partial charge in [-0.05, 0) is 18.6 Å². The van der Waals surface area contributed by atoms with E-state index in [0.717, 1.165) is 13.0 Å². The van der Waals surface area contributed by atoms with Crippen LogP contribution in [-0.4, -0.2) is 11.0 Å². The number of nitrogens with one attached hydrogen (secondary N) is 1. The topological polar surface area (TPSA) is 95.3 Å². The van der Waals surface area contributed by atoms with E-state index in [9.17, 15) is 33.2 Å². The number of rotatable bonds is 2. The first kappa shape index (κ1) is 13.7. The molecule has 1 aromatic carbocycles. The van der Waals surface area contributed by atoms with Crippen molar-refractivity contribution >= 4 is 17.5 Å². The van der Waals surface area contributed by atoms with Gasteiger partial charge < -0.3 is 15.2 Å². The monoisotopic (exact) mass is 263 g/mol. The van der Waals surface area contributed by atoms with Crippen LogP contribution in [0.4, 0.5) is 29.3 Å². The standard InChI is InChI=1S/C9H7F3N2O4/c1-4-2-6(13-8(15)16)7(14(17)18)3-5(4)9(10,11)12/h2-3,13H,1H3,(H,15,16)/p-1. The summed E-state index contributed by atoms with van der Waals surface area (Å²) in [6.45, 7) is 1.06. The summed E-state index contributed by atoms with van der Waals surface area (Å²) in [6.07, 6.45) is -6.60. The molecule has 0 aliphatic carbocycles. The largest absolute Gasteiger partial charge is 0.530 e. The van der Waals surface area contributed by atoms with Crippen molar-refractivity contribution < 1.29 is 28.0 Å². The Hall–Kier alpha value is -2.32. The van der Waals surface area contributed by atoms with E-state index in [2.05, 4.69) is 0 Å². The van der Waals surface area contributed by atoms with Gasteiger partial charge in [-0.1, -0.05) is 0 Å². The number of carbonyl (C=O) groups is 1. The maximum absolute atomic E-state index is 12.5. The Bertz CT molecular complexity index is 513. The number of amides is 1. The number of hydrogen-bond acceptors (Lipinski definition) is 4. The zero-order valence-electron chi connectivity index (χ0n) is 8.87. The number of benzene rings is 1. The minimum absolute atomic E-state index is 0.278.